The van der Waals surface area contributed by atoms with Crippen molar-refractivity contribution < 1.29 is 121 Å². The lowest BCUT2D eigenvalue weighted by Crippen LogP contribution is -2.21. The van der Waals surface area contributed by atoms with Crippen LogP contribution in [-0.2, 0) is 41.5 Å². The van der Waals surface area contributed by atoms with Crippen molar-refractivity contribution >= 4 is 102 Å². The number of carboxylic acid groups (broad SMARTS) is 4. The van der Waals surface area contributed by atoms with Crippen molar-refractivity contribution in [3.05, 3.63) is 190 Å². The second kappa shape index (κ2) is 38.0. The first-order valence-corrected chi connectivity index (χ1v) is 28.7. The summed E-state index contributed by atoms with van der Waals surface area (Å²) < 4.78 is 153. The number of carbonyl (C=O) groups is 6. The molecule has 8 rings (SSSR count). The number of hydrogen-bond donors (Lipinski definition) is 12. The van der Waals surface area contributed by atoms with E-state index in [1.807, 2.05) is 165 Å². The van der Waals surface area contributed by atoms with Crippen LogP contribution in [0.5, 0.6) is 11.5 Å². The molecule has 15 N–H and O–H groups in total. The second-order valence-electron chi connectivity index (χ2n) is 18.9. The van der Waals surface area contributed by atoms with Crippen molar-refractivity contribution in [1.29, 1.82) is 10.8 Å². The van der Waals surface area contributed by atoms with Crippen LogP contribution < -0.4 is 42.6 Å². The van der Waals surface area contributed by atoms with E-state index in [9.17, 15) is 62.3 Å². The van der Waals surface area contributed by atoms with Crippen LogP contribution in [0.4, 0.5) is 73.6 Å². The maximum atomic E-state index is 12.5. The molecular weight excluding hydrogens is 1360 g/mol. The second-order valence-corrected chi connectivity index (χ2v) is 21.0. The number of rotatable bonds is 19. The fourth-order valence-electron chi connectivity index (χ4n) is 7.13. The number of ether oxygens (including phenoxy) is 4. The SMILES string of the molecule is CNCCc1ccc(NC(=O)OCC(Oc2cccc3sc(C(=N)N)cc23)c2ccccc2)cc1.N=C(N)c1cc2c(OC(COC(=O)Nc3ccc(CCN)cc3)c3ccccc3)cccc2s1.O=C(O)C(F)(F)F.O=C(O)C(F)(F)F.O=C(O)C(F)(F)F.O=C(O)C(F)(F)F. The van der Waals surface area contributed by atoms with E-state index in [-0.39, 0.29) is 24.9 Å². The fraction of sp³-hybridized carbons (Fsp3) is 0.213. The van der Waals surface area contributed by atoms with E-state index in [0.717, 1.165) is 56.2 Å². The molecule has 522 valence electrons. The summed E-state index contributed by atoms with van der Waals surface area (Å²) in [5, 5.41) is 54.3. The zero-order valence-corrected chi connectivity index (χ0v) is 51.5. The van der Waals surface area contributed by atoms with Crippen molar-refractivity contribution in [3.63, 3.8) is 0 Å². The third kappa shape index (κ3) is 29.2. The van der Waals surface area contributed by atoms with Crippen molar-refractivity contribution in [2.45, 2.75) is 49.8 Å². The minimum atomic E-state index is -5.08. The Labute approximate surface area is 549 Å². The third-order valence-electron chi connectivity index (χ3n) is 11.7. The molecule has 2 atom stereocenters. The van der Waals surface area contributed by atoms with Crippen molar-refractivity contribution in [3.8, 4) is 11.5 Å². The van der Waals surface area contributed by atoms with Gasteiger partial charge in [-0.1, -0.05) is 97.1 Å². The molecule has 6 aromatic carbocycles. The number of nitrogens with one attached hydrogen (secondary N) is 5. The molecule has 0 aliphatic rings. The molecule has 2 heterocycles. The van der Waals surface area contributed by atoms with E-state index >= 15 is 0 Å². The zero-order valence-electron chi connectivity index (χ0n) is 49.9. The zero-order chi connectivity index (χ0) is 72.8. The number of hydrogen-bond acceptors (Lipinski definition) is 16. The minimum absolute atomic E-state index is 0.0151. The molecule has 0 saturated heterocycles. The highest BCUT2D eigenvalue weighted by Crippen LogP contribution is 2.37. The average Bonchev–Trinajstić information content (AvgIpc) is 1.69. The summed E-state index contributed by atoms with van der Waals surface area (Å²) in [5.41, 5.74) is 22.3. The molecule has 8 aromatic rings. The monoisotopic (exact) mass is 1420 g/mol. The Morgan fingerprint density at radius 3 is 1.06 bits per heavy atom. The lowest BCUT2D eigenvalue weighted by atomic mass is 10.1. The number of halogens is 12. The van der Waals surface area contributed by atoms with Gasteiger partial charge in [0, 0.05) is 31.5 Å². The smallest absolute Gasteiger partial charge is 0.481 e. The van der Waals surface area contributed by atoms with Crippen LogP contribution >= 0.6 is 22.7 Å². The van der Waals surface area contributed by atoms with Gasteiger partial charge in [-0.25, -0.2) is 28.8 Å². The number of thiophene rings is 2. The number of aliphatic carboxylic acids is 4. The summed E-state index contributed by atoms with van der Waals surface area (Å²) in [7, 11) is 1.92. The van der Waals surface area contributed by atoms with Crippen molar-refractivity contribution in [1.82, 2.24) is 5.32 Å². The van der Waals surface area contributed by atoms with Gasteiger partial charge in [-0.05, 0) is 116 Å². The van der Waals surface area contributed by atoms with Crippen LogP contribution in [0, 0.1) is 10.8 Å². The number of carboxylic acids is 4. The van der Waals surface area contributed by atoms with Crippen LogP contribution in [-0.4, -0.2) is 126 Å². The maximum Gasteiger partial charge on any atom is 0.490 e. The molecule has 0 bridgehead atoms. The van der Waals surface area contributed by atoms with Crippen LogP contribution in [0.2, 0.25) is 0 Å². The number of fused-ring (bicyclic) bond motifs is 2. The number of benzene rings is 6. The highest BCUT2D eigenvalue weighted by molar-refractivity contribution is 7.21. The number of likely N-dealkylation sites (N-methyl/N-ethyl adjacent to an activating group) is 1. The first kappa shape index (κ1) is 80.5. The predicted octanol–water partition coefficient (Wildman–Crippen LogP) is 12.9. The molecule has 97 heavy (non-hydrogen) atoms. The van der Waals surface area contributed by atoms with Crippen molar-refractivity contribution in [2.75, 3.05) is 44.0 Å². The normalized spacial score (nSPS) is 11.6. The largest absolute Gasteiger partial charge is 0.490 e. The first-order valence-electron chi connectivity index (χ1n) is 27.1. The summed E-state index contributed by atoms with van der Waals surface area (Å²) in [4.78, 5) is 61.9. The first-order chi connectivity index (χ1) is 45.3. The lowest BCUT2D eigenvalue weighted by molar-refractivity contribution is -0.193. The van der Waals surface area contributed by atoms with Gasteiger partial charge in [0.15, 0.2) is 12.2 Å². The summed E-state index contributed by atoms with van der Waals surface area (Å²) in [6.07, 6.45) is -20.8. The van der Waals surface area contributed by atoms with E-state index in [1.165, 1.54) is 28.2 Å². The van der Waals surface area contributed by atoms with Crippen LogP contribution in [0.15, 0.2) is 158 Å². The van der Waals surface area contributed by atoms with Crippen molar-refractivity contribution in [2.24, 2.45) is 17.2 Å². The molecule has 0 saturated carbocycles. The third-order valence-corrected chi connectivity index (χ3v) is 13.9. The van der Waals surface area contributed by atoms with Gasteiger partial charge in [0.25, 0.3) is 0 Å². The number of amides is 2. The Balaban J connectivity index is 0.000000363. The topological polar surface area (TPSA) is 382 Å². The molecule has 22 nitrogen and oxygen atoms in total. The van der Waals surface area contributed by atoms with Crippen LogP contribution in [0.25, 0.3) is 20.2 Å². The van der Waals surface area contributed by atoms with E-state index < -0.39 is 73.0 Å². The van der Waals surface area contributed by atoms with Crippen LogP contribution in [0.3, 0.4) is 0 Å². The number of carbonyl (C=O) groups excluding carboxylic acids is 2. The molecule has 36 heteroatoms. The Kier molecular flexibility index (Phi) is 31.5. The molecule has 0 radical (unpaired) electrons. The number of nitrogen functional groups attached to an aromatic ring is 2. The van der Waals surface area contributed by atoms with E-state index in [0.29, 0.717) is 39.2 Å². The summed E-state index contributed by atoms with van der Waals surface area (Å²) in [6, 6.07) is 49.5. The maximum absolute atomic E-state index is 12.5. The van der Waals surface area contributed by atoms with Gasteiger partial charge in [-0.3, -0.25) is 21.5 Å². The Hall–Kier alpha value is -10.7. The summed E-state index contributed by atoms with van der Waals surface area (Å²) in [5.74, 6) is -9.72. The summed E-state index contributed by atoms with van der Waals surface area (Å²) in [6.45, 7) is 1.51. The molecule has 2 amide bonds. The van der Waals surface area contributed by atoms with E-state index in [2.05, 4.69) is 16.0 Å². The Morgan fingerprint density at radius 1 is 0.474 bits per heavy atom. The molecule has 0 fully saturated rings. The quantitative estimate of drug-likeness (QED) is 0.0203. The van der Waals surface area contributed by atoms with E-state index in [1.54, 1.807) is 0 Å². The number of nitrogens with two attached hydrogens (primary N) is 3. The van der Waals surface area contributed by atoms with E-state index in [4.69, 9.17) is 86.6 Å². The lowest BCUT2D eigenvalue weighted by Gasteiger charge is -2.20. The molecule has 0 aliphatic heterocycles. The molecule has 2 unspecified atom stereocenters. The van der Waals surface area contributed by atoms with Gasteiger partial charge in [0.2, 0.25) is 0 Å². The van der Waals surface area contributed by atoms with Crippen LogP contribution in [0.1, 0.15) is 44.2 Å². The number of amidine groups is 2. The predicted molar refractivity (Wildman–Crippen MR) is 333 cm³/mol. The number of alkyl halides is 12. The molecular formula is C61H58F12N8O14S2. The average molecular weight is 1420 g/mol. The van der Waals surface area contributed by atoms with Gasteiger partial charge in [0.05, 0.1) is 9.75 Å². The summed E-state index contributed by atoms with van der Waals surface area (Å²) >= 11 is 2.87. The standard InChI is InChI=1S/C27H28N4O3S.C26H26N4O3S.4C2HF3O2/c1-30-15-14-18-10-12-20(13-11-18)31-27(32)33-17-23(19-6-3-2-4-7-19)34-22-8-5-9-24-21(22)16-25(35-24)26(28)29;27-14-13-17-9-11-19(12-10-17)30-26(31)32-16-22(18-5-2-1-3-6-18)33-21-7-4-8-23-20(21)15-24(34-23)25(28)29;4*3-2(4,5)1(6)7/h2-13,16,23,30H,14-15,17H2,1H3,(H3,28,29)(H,31,32);1-12,15,22H,13-14,16,27H2,(H3,28,29)(H,30,31);4*(H,6,7). The molecule has 0 aliphatic carbocycles. The van der Waals surface area contributed by atoms with Gasteiger partial charge in [-0.15, -0.1) is 22.7 Å². The van der Waals surface area contributed by atoms with Gasteiger partial charge in [-0.2, -0.15) is 52.7 Å². The highest BCUT2D eigenvalue weighted by Gasteiger charge is 2.40. The van der Waals surface area contributed by atoms with Gasteiger partial charge < -0.3 is 61.9 Å². The Bertz CT molecular complexity index is 3780. The number of anilines is 2. The minimum Gasteiger partial charge on any atom is -0.481 e. The molecule has 0 spiro atoms. The molecule has 2 aromatic heterocycles. The fourth-order valence-corrected chi connectivity index (χ4v) is 9.01. The highest BCUT2D eigenvalue weighted by atomic mass is 32.1. The van der Waals surface area contributed by atoms with Gasteiger partial charge in [0.1, 0.15) is 36.4 Å². The van der Waals surface area contributed by atoms with Gasteiger partial charge >= 0.3 is 60.8 Å². The Morgan fingerprint density at radius 2 is 0.784 bits per heavy atom.